The average Bonchev–Trinajstić information content (AvgIpc) is 2.80. The van der Waals surface area contributed by atoms with E-state index >= 15 is 0 Å². The van der Waals surface area contributed by atoms with E-state index < -0.39 is 0 Å². The van der Waals surface area contributed by atoms with Crippen molar-refractivity contribution in [1.29, 1.82) is 0 Å². The molecule has 4 nitrogen and oxygen atoms in total. The summed E-state index contributed by atoms with van der Waals surface area (Å²) in [7, 11) is 1.92. The molecule has 16 heavy (non-hydrogen) atoms. The maximum atomic E-state index is 4.17. The van der Waals surface area contributed by atoms with Gasteiger partial charge in [0.25, 0.3) is 0 Å². The van der Waals surface area contributed by atoms with Crippen LogP contribution in [0.4, 0.5) is 0 Å². The van der Waals surface area contributed by atoms with Gasteiger partial charge in [-0.25, -0.2) is 0 Å². The lowest BCUT2D eigenvalue weighted by atomic mass is 9.98. The first kappa shape index (κ1) is 11.6. The van der Waals surface area contributed by atoms with E-state index in [9.17, 15) is 0 Å². The Bertz CT molecular complexity index is 357. The number of aromatic nitrogens is 3. The van der Waals surface area contributed by atoms with Gasteiger partial charge in [0.15, 0.2) is 0 Å². The summed E-state index contributed by atoms with van der Waals surface area (Å²) < 4.78 is 1.78. The van der Waals surface area contributed by atoms with Gasteiger partial charge in [0, 0.05) is 25.3 Å². The minimum absolute atomic E-state index is 0.206. The second kappa shape index (κ2) is 3.84. The van der Waals surface area contributed by atoms with Crippen molar-refractivity contribution in [1.82, 2.24) is 20.3 Å². The minimum atomic E-state index is 0.206. The molecule has 0 atom stereocenters. The molecule has 0 spiro atoms. The lowest BCUT2D eigenvalue weighted by Gasteiger charge is -2.24. The highest BCUT2D eigenvalue weighted by Gasteiger charge is 2.43. The fourth-order valence-corrected chi connectivity index (χ4v) is 1.91. The Hall–Kier alpha value is -0.900. The molecule has 1 fully saturated rings. The van der Waals surface area contributed by atoms with Gasteiger partial charge < -0.3 is 5.32 Å². The van der Waals surface area contributed by atoms with Crippen LogP contribution in [0.15, 0.2) is 6.20 Å². The summed E-state index contributed by atoms with van der Waals surface area (Å²) in [5.74, 6) is 0. The number of hydrogen-bond acceptors (Lipinski definition) is 3. The molecule has 0 radical (unpaired) electrons. The molecule has 0 bridgehead atoms. The van der Waals surface area contributed by atoms with Crippen molar-refractivity contribution in [3.63, 3.8) is 0 Å². The summed E-state index contributed by atoms with van der Waals surface area (Å²) in [6.07, 6.45) is 5.71. The first-order valence-electron chi connectivity index (χ1n) is 5.99. The maximum absolute atomic E-state index is 4.17. The molecule has 1 N–H and O–H groups in total. The minimum Gasteiger partial charge on any atom is -0.312 e. The number of hydrogen-bond donors (Lipinski definition) is 1. The number of rotatable bonds is 4. The maximum Gasteiger partial charge on any atom is 0.0833 e. The van der Waals surface area contributed by atoms with Crippen LogP contribution >= 0.6 is 0 Å². The van der Waals surface area contributed by atoms with Crippen molar-refractivity contribution < 1.29 is 0 Å². The van der Waals surface area contributed by atoms with E-state index in [-0.39, 0.29) is 5.54 Å². The average molecular weight is 222 g/mol. The molecular weight excluding hydrogens is 200 g/mol. The molecule has 1 saturated carbocycles. The zero-order valence-corrected chi connectivity index (χ0v) is 10.7. The molecule has 1 aromatic rings. The van der Waals surface area contributed by atoms with Gasteiger partial charge in [0.05, 0.1) is 5.69 Å². The van der Waals surface area contributed by atoms with Crippen LogP contribution < -0.4 is 5.32 Å². The Labute approximate surface area is 97.4 Å². The van der Waals surface area contributed by atoms with Gasteiger partial charge in [0.1, 0.15) is 0 Å². The Morgan fingerprint density at radius 2 is 2.12 bits per heavy atom. The smallest absolute Gasteiger partial charge is 0.0833 e. The molecular formula is C12H22N4. The third kappa shape index (κ3) is 3.04. The highest BCUT2D eigenvalue weighted by molar-refractivity contribution is 5.06. The van der Waals surface area contributed by atoms with E-state index in [1.54, 1.807) is 4.68 Å². The second-order valence-corrected chi connectivity index (χ2v) is 6.16. The van der Waals surface area contributed by atoms with Gasteiger partial charge in [-0.05, 0) is 45.4 Å². The predicted molar refractivity (Wildman–Crippen MR) is 64.1 cm³/mol. The van der Waals surface area contributed by atoms with Crippen LogP contribution in [0, 0.1) is 5.41 Å². The summed E-state index contributed by atoms with van der Waals surface area (Å²) >= 11 is 0. The van der Waals surface area contributed by atoms with Gasteiger partial charge in [-0.3, -0.25) is 4.68 Å². The first-order valence-corrected chi connectivity index (χ1v) is 5.99. The summed E-state index contributed by atoms with van der Waals surface area (Å²) in [6, 6.07) is 0. The Morgan fingerprint density at radius 3 is 2.56 bits per heavy atom. The SMILES string of the molecule is Cn1cc(CC2(CNC(C)(C)C)CC2)nn1. The zero-order chi connectivity index (χ0) is 11.8. The number of nitrogens with one attached hydrogen (secondary N) is 1. The van der Waals surface area contributed by atoms with E-state index in [1.165, 1.54) is 12.8 Å². The van der Waals surface area contributed by atoms with Gasteiger partial charge in [-0.1, -0.05) is 5.21 Å². The summed E-state index contributed by atoms with van der Waals surface area (Å²) in [5, 5.41) is 11.8. The second-order valence-electron chi connectivity index (χ2n) is 6.16. The molecule has 1 aliphatic rings. The molecule has 0 aliphatic heterocycles. The number of aryl methyl sites for hydroxylation is 1. The third-order valence-electron chi connectivity index (χ3n) is 3.16. The van der Waals surface area contributed by atoms with Crippen LogP contribution in [0.3, 0.4) is 0 Å². The van der Waals surface area contributed by atoms with Crippen LogP contribution in [0.25, 0.3) is 0 Å². The molecule has 90 valence electrons. The van der Waals surface area contributed by atoms with Gasteiger partial charge in [-0.2, -0.15) is 0 Å². The van der Waals surface area contributed by atoms with E-state index in [4.69, 9.17) is 0 Å². The molecule has 0 unspecified atom stereocenters. The van der Waals surface area contributed by atoms with Crippen LogP contribution in [0.1, 0.15) is 39.3 Å². The molecule has 1 aromatic heterocycles. The van der Waals surface area contributed by atoms with Crippen LogP contribution in [-0.2, 0) is 13.5 Å². The lowest BCUT2D eigenvalue weighted by Crippen LogP contribution is -2.40. The highest BCUT2D eigenvalue weighted by Crippen LogP contribution is 2.47. The lowest BCUT2D eigenvalue weighted by molar-refractivity contribution is 0.354. The molecule has 0 saturated heterocycles. The van der Waals surface area contributed by atoms with Crippen molar-refractivity contribution in [2.24, 2.45) is 12.5 Å². The largest absolute Gasteiger partial charge is 0.312 e. The third-order valence-corrected chi connectivity index (χ3v) is 3.16. The first-order chi connectivity index (χ1) is 7.39. The monoisotopic (exact) mass is 222 g/mol. The van der Waals surface area contributed by atoms with Crippen LogP contribution in [0.2, 0.25) is 0 Å². The summed E-state index contributed by atoms with van der Waals surface area (Å²) in [4.78, 5) is 0. The summed E-state index contributed by atoms with van der Waals surface area (Å²) in [6.45, 7) is 7.73. The number of nitrogens with zero attached hydrogens (tertiary/aromatic N) is 3. The van der Waals surface area contributed by atoms with Gasteiger partial charge in [-0.15, -0.1) is 5.10 Å². The van der Waals surface area contributed by atoms with Crippen molar-refractivity contribution in [2.75, 3.05) is 6.54 Å². The summed E-state index contributed by atoms with van der Waals surface area (Å²) in [5.41, 5.74) is 1.78. The molecule has 1 aliphatic carbocycles. The van der Waals surface area contributed by atoms with Crippen molar-refractivity contribution in [3.8, 4) is 0 Å². The quantitative estimate of drug-likeness (QED) is 0.840. The predicted octanol–water partition coefficient (Wildman–Crippen LogP) is 1.53. The molecule has 4 heteroatoms. The Morgan fingerprint density at radius 1 is 1.44 bits per heavy atom. The Kier molecular flexibility index (Phi) is 2.78. The van der Waals surface area contributed by atoms with E-state index in [2.05, 4.69) is 36.4 Å². The fourth-order valence-electron chi connectivity index (χ4n) is 1.91. The van der Waals surface area contributed by atoms with E-state index in [1.807, 2.05) is 13.2 Å². The van der Waals surface area contributed by atoms with Crippen molar-refractivity contribution in [3.05, 3.63) is 11.9 Å². The zero-order valence-electron chi connectivity index (χ0n) is 10.7. The molecule has 1 heterocycles. The van der Waals surface area contributed by atoms with Crippen LogP contribution in [-0.4, -0.2) is 27.1 Å². The standard InChI is InChI=1S/C12H22N4/c1-11(2,3)13-9-12(5-6-12)7-10-8-16(4)15-14-10/h8,13H,5-7,9H2,1-4H3. The van der Waals surface area contributed by atoms with Gasteiger partial charge >= 0.3 is 0 Å². The van der Waals surface area contributed by atoms with Crippen LogP contribution in [0.5, 0.6) is 0 Å². The molecule has 2 rings (SSSR count). The normalized spacial score (nSPS) is 18.8. The van der Waals surface area contributed by atoms with Gasteiger partial charge in [0.2, 0.25) is 0 Å². The molecule has 0 amide bonds. The highest BCUT2D eigenvalue weighted by atomic mass is 15.4. The molecule has 0 aromatic carbocycles. The Balaban J connectivity index is 1.89. The topological polar surface area (TPSA) is 42.7 Å². The fraction of sp³-hybridized carbons (Fsp3) is 0.833. The van der Waals surface area contributed by atoms with E-state index in [0.29, 0.717) is 5.41 Å². The van der Waals surface area contributed by atoms with Crippen molar-refractivity contribution >= 4 is 0 Å². The van der Waals surface area contributed by atoms with E-state index in [0.717, 1.165) is 18.7 Å². The van der Waals surface area contributed by atoms with Crippen molar-refractivity contribution in [2.45, 2.75) is 45.6 Å².